The number of aromatic nitrogens is 2. The van der Waals surface area contributed by atoms with Crippen molar-refractivity contribution in [2.45, 2.75) is 6.54 Å². The lowest BCUT2D eigenvalue weighted by atomic mass is 10.3. The van der Waals surface area contributed by atoms with Gasteiger partial charge in [0.05, 0.1) is 28.3 Å². The second kappa shape index (κ2) is 6.48. The lowest BCUT2D eigenvalue weighted by Gasteiger charge is -2.09. The molecule has 3 aromatic rings. The van der Waals surface area contributed by atoms with Crippen molar-refractivity contribution in [1.82, 2.24) is 14.9 Å². The number of hydrogen-bond acceptors (Lipinski definition) is 2. The molecule has 0 fully saturated rings. The van der Waals surface area contributed by atoms with Crippen molar-refractivity contribution in [2.24, 2.45) is 7.05 Å². The highest BCUT2D eigenvalue weighted by atomic mass is 35.5. The van der Waals surface area contributed by atoms with Crippen LogP contribution >= 0.6 is 23.2 Å². The first-order valence-electron chi connectivity index (χ1n) is 6.95. The average Bonchev–Trinajstić information content (AvgIpc) is 2.86. The fraction of sp³-hybridized carbons (Fsp3) is 0.125. The first kappa shape index (κ1) is 15.6. The van der Waals surface area contributed by atoms with E-state index in [-0.39, 0.29) is 6.03 Å². The van der Waals surface area contributed by atoms with E-state index in [1.807, 2.05) is 35.9 Å². The van der Waals surface area contributed by atoms with Crippen LogP contribution in [0, 0.1) is 0 Å². The Balaban J connectivity index is 1.68. The Hall–Kier alpha value is -2.24. The van der Waals surface area contributed by atoms with Crippen molar-refractivity contribution in [3.8, 4) is 0 Å². The Morgan fingerprint density at radius 3 is 2.78 bits per heavy atom. The van der Waals surface area contributed by atoms with E-state index in [1.54, 1.807) is 18.2 Å². The maximum atomic E-state index is 12.0. The molecule has 3 rings (SSSR count). The van der Waals surface area contributed by atoms with Crippen LogP contribution < -0.4 is 10.6 Å². The topological polar surface area (TPSA) is 59.0 Å². The van der Waals surface area contributed by atoms with Gasteiger partial charge in [-0.1, -0.05) is 35.3 Å². The second-order valence-corrected chi connectivity index (χ2v) is 5.85. The van der Waals surface area contributed by atoms with Gasteiger partial charge in [0.15, 0.2) is 0 Å². The summed E-state index contributed by atoms with van der Waals surface area (Å²) in [6.45, 7) is 0.301. The van der Waals surface area contributed by atoms with Gasteiger partial charge in [-0.15, -0.1) is 0 Å². The molecule has 118 valence electrons. The normalized spacial score (nSPS) is 10.7. The van der Waals surface area contributed by atoms with E-state index < -0.39 is 0 Å². The number of anilines is 1. The van der Waals surface area contributed by atoms with Crippen LogP contribution in [0.25, 0.3) is 11.0 Å². The van der Waals surface area contributed by atoms with E-state index in [9.17, 15) is 4.79 Å². The van der Waals surface area contributed by atoms with Crippen molar-refractivity contribution in [1.29, 1.82) is 0 Å². The molecule has 1 heterocycles. The van der Waals surface area contributed by atoms with Gasteiger partial charge in [-0.25, -0.2) is 9.78 Å². The Kier molecular flexibility index (Phi) is 4.41. The number of carbonyl (C=O) groups is 1. The maximum absolute atomic E-state index is 12.0. The third-order valence-corrected chi connectivity index (χ3v) is 4.03. The highest BCUT2D eigenvalue weighted by Gasteiger charge is 2.10. The number of para-hydroxylation sites is 2. The molecule has 0 radical (unpaired) electrons. The number of rotatable bonds is 3. The van der Waals surface area contributed by atoms with Gasteiger partial charge in [0, 0.05) is 12.1 Å². The zero-order valence-corrected chi connectivity index (χ0v) is 13.8. The lowest BCUT2D eigenvalue weighted by Crippen LogP contribution is -2.29. The molecule has 2 amide bonds. The molecule has 2 aromatic carbocycles. The predicted molar refractivity (Wildman–Crippen MR) is 93.0 cm³/mol. The molecule has 0 aliphatic heterocycles. The van der Waals surface area contributed by atoms with Gasteiger partial charge in [0.1, 0.15) is 5.82 Å². The van der Waals surface area contributed by atoms with Crippen LogP contribution in [0.2, 0.25) is 10.0 Å². The van der Waals surface area contributed by atoms with Gasteiger partial charge in [0.2, 0.25) is 0 Å². The molecule has 0 atom stereocenters. The molecular weight excluding hydrogens is 335 g/mol. The second-order valence-electron chi connectivity index (χ2n) is 5.01. The molecule has 2 N–H and O–H groups in total. The molecule has 5 nitrogen and oxygen atoms in total. The summed E-state index contributed by atoms with van der Waals surface area (Å²) in [5.41, 5.74) is 2.37. The summed E-state index contributed by atoms with van der Waals surface area (Å²) in [4.78, 5) is 16.5. The summed E-state index contributed by atoms with van der Waals surface area (Å²) in [6, 6.07) is 12.3. The summed E-state index contributed by atoms with van der Waals surface area (Å²) in [5.74, 6) is 0.763. The van der Waals surface area contributed by atoms with E-state index in [0.717, 1.165) is 16.9 Å². The Morgan fingerprint density at radius 2 is 2.00 bits per heavy atom. The molecule has 7 heteroatoms. The zero-order valence-electron chi connectivity index (χ0n) is 12.3. The number of hydrogen-bond donors (Lipinski definition) is 2. The molecule has 0 aliphatic rings. The molecule has 0 saturated carbocycles. The SMILES string of the molecule is Cn1c(CNC(=O)Nc2cc(Cl)ccc2Cl)nc2ccccc21. The maximum Gasteiger partial charge on any atom is 0.319 e. The fourth-order valence-corrected chi connectivity index (χ4v) is 2.61. The summed E-state index contributed by atoms with van der Waals surface area (Å²) >= 11 is 11.9. The molecule has 23 heavy (non-hydrogen) atoms. The number of imidazole rings is 1. The highest BCUT2D eigenvalue weighted by Crippen LogP contribution is 2.25. The number of urea groups is 1. The van der Waals surface area contributed by atoms with E-state index in [4.69, 9.17) is 23.2 Å². The Bertz CT molecular complexity index is 876. The van der Waals surface area contributed by atoms with Crippen LogP contribution in [-0.2, 0) is 13.6 Å². The van der Waals surface area contributed by atoms with Gasteiger partial charge in [0.25, 0.3) is 0 Å². The molecular formula is C16H14Cl2N4O. The fourth-order valence-electron chi connectivity index (χ4n) is 2.27. The molecule has 0 unspecified atom stereocenters. The van der Waals surface area contributed by atoms with Gasteiger partial charge >= 0.3 is 6.03 Å². The summed E-state index contributed by atoms with van der Waals surface area (Å²) < 4.78 is 1.95. The minimum atomic E-state index is -0.374. The van der Waals surface area contributed by atoms with Crippen LogP contribution in [0.3, 0.4) is 0 Å². The van der Waals surface area contributed by atoms with Gasteiger partial charge in [-0.2, -0.15) is 0 Å². The van der Waals surface area contributed by atoms with Crippen molar-refractivity contribution in [3.05, 3.63) is 58.3 Å². The molecule has 1 aromatic heterocycles. The highest BCUT2D eigenvalue weighted by molar-refractivity contribution is 6.35. The molecule has 0 spiro atoms. The number of halogens is 2. The molecule has 0 saturated heterocycles. The zero-order chi connectivity index (χ0) is 16.4. The number of amides is 2. The number of aryl methyl sites for hydroxylation is 1. The monoisotopic (exact) mass is 348 g/mol. The van der Waals surface area contributed by atoms with Crippen LogP contribution in [0.5, 0.6) is 0 Å². The quantitative estimate of drug-likeness (QED) is 0.744. The minimum Gasteiger partial charge on any atom is -0.331 e. The average molecular weight is 349 g/mol. The van der Waals surface area contributed by atoms with Crippen molar-refractivity contribution in [3.63, 3.8) is 0 Å². The summed E-state index contributed by atoms with van der Waals surface area (Å²) in [6.07, 6.45) is 0. The van der Waals surface area contributed by atoms with Gasteiger partial charge < -0.3 is 15.2 Å². The number of fused-ring (bicyclic) bond motifs is 1. The first-order chi connectivity index (χ1) is 11.0. The smallest absolute Gasteiger partial charge is 0.319 e. The number of benzene rings is 2. The van der Waals surface area contributed by atoms with E-state index in [1.165, 1.54) is 0 Å². The van der Waals surface area contributed by atoms with Gasteiger partial charge in [-0.3, -0.25) is 0 Å². The lowest BCUT2D eigenvalue weighted by molar-refractivity contribution is 0.251. The molecule has 0 bridgehead atoms. The summed E-state index contributed by atoms with van der Waals surface area (Å²) in [5, 5.41) is 6.36. The van der Waals surface area contributed by atoms with Crippen LogP contribution in [0.1, 0.15) is 5.82 Å². The third kappa shape index (κ3) is 3.41. The van der Waals surface area contributed by atoms with Crippen LogP contribution in [0.15, 0.2) is 42.5 Å². The van der Waals surface area contributed by atoms with Crippen molar-refractivity contribution < 1.29 is 4.79 Å². The number of carbonyl (C=O) groups excluding carboxylic acids is 1. The summed E-state index contributed by atoms with van der Waals surface area (Å²) in [7, 11) is 1.91. The first-order valence-corrected chi connectivity index (χ1v) is 7.70. The molecule has 0 aliphatic carbocycles. The van der Waals surface area contributed by atoms with E-state index in [0.29, 0.717) is 22.3 Å². The number of nitrogens with zero attached hydrogens (tertiary/aromatic N) is 2. The van der Waals surface area contributed by atoms with E-state index in [2.05, 4.69) is 15.6 Å². The van der Waals surface area contributed by atoms with Crippen LogP contribution in [-0.4, -0.2) is 15.6 Å². The Labute approximate surface area is 143 Å². The van der Waals surface area contributed by atoms with Crippen molar-refractivity contribution in [2.75, 3.05) is 5.32 Å². The van der Waals surface area contributed by atoms with Crippen LogP contribution in [0.4, 0.5) is 10.5 Å². The van der Waals surface area contributed by atoms with Gasteiger partial charge in [-0.05, 0) is 30.3 Å². The largest absolute Gasteiger partial charge is 0.331 e. The third-order valence-electron chi connectivity index (χ3n) is 3.46. The predicted octanol–water partition coefficient (Wildman–Crippen LogP) is 4.20. The Morgan fingerprint density at radius 1 is 1.22 bits per heavy atom. The minimum absolute atomic E-state index is 0.301. The van der Waals surface area contributed by atoms with E-state index >= 15 is 0 Å². The standard InChI is InChI=1S/C16H14Cl2N4O/c1-22-14-5-3-2-4-12(14)20-15(22)9-19-16(23)21-13-8-10(17)6-7-11(13)18/h2-8H,9H2,1H3,(H2,19,21,23). The van der Waals surface area contributed by atoms with Crippen molar-refractivity contribution >= 4 is 46.0 Å². The number of nitrogens with one attached hydrogen (secondary N) is 2.